The normalized spacial score (nSPS) is 17.8. The van der Waals surface area contributed by atoms with Crippen LogP contribution in [0.4, 0.5) is 11.8 Å². The Labute approximate surface area is 239 Å². The van der Waals surface area contributed by atoms with Gasteiger partial charge in [0.05, 0.1) is 5.69 Å². The Morgan fingerprint density at radius 2 is 1.83 bits per heavy atom. The lowest BCUT2D eigenvalue weighted by molar-refractivity contribution is 0.221. The molecule has 12 nitrogen and oxygen atoms in total. The quantitative estimate of drug-likeness (QED) is 0.305. The molecule has 0 bridgehead atoms. The third kappa shape index (κ3) is 6.57. The third-order valence-corrected chi connectivity index (χ3v) is 8.69. The monoisotopic (exact) mass is 579 g/mol. The maximum Gasteiger partial charge on any atom is 0.260 e. The van der Waals surface area contributed by atoms with Crippen molar-refractivity contribution in [3.05, 3.63) is 58.9 Å². The lowest BCUT2D eigenvalue weighted by atomic mass is 9.91. The second-order valence-corrected chi connectivity index (χ2v) is 12.9. The molecule has 0 unspecified atom stereocenters. The largest absolute Gasteiger partial charge is 0.351 e. The first-order valence-corrected chi connectivity index (χ1v) is 15.4. The molecule has 0 aromatic carbocycles. The number of sulfonamides is 1. The Kier molecular flexibility index (Phi) is 8.09. The fourth-order valence-electron chi connectivity index (χ4n) is 5.34. The smallest absolute Gasteiger partial charge is 0.260 e. The van der Waals surface area contributed by atoms with Crippen LogP contribution in [0.1, 0.15) is 51.3 Å². The van der Waals surface area contributed by atoms with Crippen molar-refractivity contribution in [3.63, 3.8) is 0 Å². The van der Waals surface area contributed by atoms with Gasteiger partial charge in [0, 0.05) is 60.3 Å². The van der Waals surface area contributed by atoms with Gasteiger partial charge in [-0.15, -0.1) is 0 Å². The van der Waals surface area contributed by atoms with Gasteiger partial charge >= 0.3 is 0 Å². The molecule has 1 aliphatic carbocycles. The van der Waals surface area contributed by atoms with Crippen molar-refractivity contribution in [1.82, 2.24) is 34.2 Å². The molecule has 0 amide bonds. The average Bonchev–Trinajstić information content (AvgIpc) is 3.32. The van der Waals surface area contributed by atoms with E-state index in [1.165, 1.54) is 6.20 Å². The maximum atomic E-state index is 13.7. The summed E-state index contributed by atoms with van der Waals surface area (Å²) in [6.07, 6.45) is 9.25. The summed E-state index contributed by atoms with van der Waals surface area (Å²) in [6.45, 7) is 3.89. The highest BCUT2D eigenvalue weighted by atomic mass is 32.2. The van der Waals surface area contributed by atoms with Gasteiger partial charge in [-0.1, -0.05) is 0 Å². The molecule has 13 heteroatoms. The highest BCUT2D eigenvalue weighted by Crippen LogP contribution is 2.26. The van der Waals surface area contributed by atoms with E-state index in [9.17, 15) is 13.2 Å². The van der Waals surface area contributed by atoms with E-state index in [0.717, 1.165) is 31.1 Å². The second kappa shape index (κ2) is 11.6. The minimum absolute atomic E-state index is 0.145. The number of fused-ring (bicyclic) bond motifs is 1. The van der Waals surface area contributed by atoms with Crippen molar-refractivity contribution >= 4 is 32.8 Å². The van der Waals surface area contributed by atoms with Crippen LogP contribution < -0.4 is 15.6 Å². The zero-order chi connectivity index (χ0) is 29.3. The van der Waals surface area contributed by atoms with E-state index >= 15 is 0 Å². The standard InChI is InChI=1S/C28H37N9O3S/c1-18(2)37-26-20(16-30-28(32-26)31-21-7-9-23(10-8-21)35(3)4)14-24(27(37)38)19-6-11-25(29-15-19)34-41(39,40)17-22-12-13-36(5)33-22/h6,11-16,18,21,23H,7-10,17H2,1-5H3,(H,29,34)(H,30,31,32)/t21-,23-. The van der Waals surface area contributed by atoms with E-state index in [1.54, 1.807) is 53.0 Å². The Balaban J connectivity index is 1.37. The maximum absolute atomic E-state index is 13.7. The van der Waals surface area contributed by atoms with Gasteiger partial charge in [0.25, 0.3) is 5.56 Å². The fourth-order valence-corrected chi connectivity index (χ4v) is 6.39. The Morgan fingerprint density at radius 3 is 2.44 bits per heavy atom. The second-order valence-electron chi connectivity index (χ2n) is 11.2. The first-order chi connectivity index (χ1) is 19.5. The molecule has 0 aliphatic heterocycles. The van der Waals surface area contributed by atoms with E-state index in [-0.39, 0.29) is 23.2 Å². The number of hydrogen-bond donors (Lipinski definition) is 2. The molecule has 0 spiro atoms. The molecule has 218 valence electrons. The van der Waals surface area contributed by atoms with Crippen molar-refractivity contribution in [3.8, 4) is 11.1 Å². The van der Waals surface area contributed by atoms with Crippen LogP contribution in [-0.4, -0.2) is 68.8 Å². The molecule has 1 aliphatic rings. The predicted octanol–water partition coefficient (Wildman–Crippen LogP) is 3.39. The van der Waals surface area contributed by atoms with Crippen LogP contribution >= 0.6 is 0 Å². The van der Waals surface area contributed by atoms with Gasteiger partial charge in [0.1, 0.15) is 17.2 Å². The third-order valence-electron chi connectivity index (χ3n) is 7.49. The van der Waals surface area contributed by atoms with Crippen molar-refractivity contribution in [1.29, 1.82) is 0 Å². The number of nitrogens with one attached hydrogen (secondary N) is 2. The molecule has 1 saturated carbocycles. The van der Waals surface area contributed by atoms with Crippen LogP contribution in [0, 0.1) is 0 Å². The predicted molar refractivity (Wildman–Crippen MR) is 160 cm³/mol. The van der Waals surface area contributed by atoms with Crippen molar-refractivity contribution in [2.75, 3.05) is 24.1 Å². The Bertz CT molecular complexity index is 1690. The molecule has 0 saturated heterocycles. The summed E-state index contributed by atoms with van der Waals surface area (Å²) in [5.74, 6) is 0.416. The van der Waals surface area contributed by atoms with Crippen LogP contribution in [0.2, 0.25) is 0 Å². The van der Waals surface area contributed by atoms with Crippen LogP contribution in [0.25, 0.3) is 22.2 Å². The van der Waals surface area contributed by atoms with Crippen LogP contribution in [0.3, 0.4) is 0 Å². The molecule has 4 heterocycles. The number of rotatable bonds is 9. The topological polar surface area (TPSA) is 140 Å². The fraction of sp³-hybridized carbons (Fsp3) is 0.464. The summed E-state index contributed by atoms with van der Waals surface area (Å²) < 4.78 is 30.8. The van der Waals surface area contributed by atoms with Gasteiger partial charge < -0.3 is 10.2 Å². The molecule has 5 rings (SSSR count). The summed E-state index contributed by atoms with van der Waals surface area (Å²) in [6, 6.07) is 7.40. The van der Waals surface area contributed by atoms with Gasteiger partial charge in [-0.3, -0.25) is 18.8 Å². The minimum Gasteiger partial charge on any atom is -0.351 e. The van der Waals surface area contributed by atoms with Gasteiger partial charge in [-0.25, -0.2) is 18.4 Å². The van der Waals surface area contributed by atoms with E-state index in [4.69, 9.17) is 4.98 Å². The molecular weight excluding hydrogens is 542 g/mol. The summed E-state index contributed by atoms with van der Waals surface area (Å²) in [5, 5.41) is 8.33. The summed E-state index contributed by atoms with van der Waals surface area (Å²) >= 11 is 0. The highest BCUT2D eigenvalue weighted by Gasteiger charge is 2.23. The van der Waals surface area contributed by atoms with Crippen LogP contribution in [-0.2, 0) is 22.8 Å². The van der Waals surface area contributed by atoms with Crippen molar-refractivity contribution in [2.45, 2.75) is 63.4 Å². The summed E-state index contributed by atoms with van der Waals surface area (Å²) in [4.78, 5) is 29.6. The molecule has 0 atom stereocenters. The lowest BCUT2D eigenvalue weighted by Gasteiger charge is -2.33. The Morgan fingerprint density at radius 1 is 1.07 bits per heavy atom. The number of pyridine rings is 2. The number of aryl methyl sites for hydroxylation is 1. The van der Waals surface area contributed by atoms with E-state index in [1.807, 2.05) is 13.8 Å². The van der Waals surface area contributed by atoms with Gasteiger partial charge in [0.2, 0.25) is 16.0 Å². The molecule has 4 aromatic heterocycles. The first-order valence-electron chi connectivity index (χ1n) is 13.8. The van der Waals surface area contributed by atoms with Crippen molar-refractivity contribution in [2.24, 2.45) is 7.05 Å². The van der Waals surface area contributed by atoms with Gasteiger partial charge in [-0.2, -0.15) is 10.1 Å². The first kappa shape index (κ1) is 28.7. The van der Waals surface area contributed by atoms with Gasteiger partial charge in [-0.05, 0) is 77.9 Å². The molecule has 4 aromatic rings. The van der Waals surface area contributed by atoms with E-state index in [0.29, 0.717) is 40.5 Å². The molecule has 1 fully saturated rings. The van der Waals surface area contributed by atoms with Crippen molar-refractivity contribution < 1.29 is 8.42 Å². The molecular formula is C28H37N9O3S. The number of anilines is 2. The minimum atomic E-state index is -3.71. The number of hydrogen-bond acceptors (Lipinski definition) is 9. The molecule has 2 N–H and O–H groups in total. The van der Waals surface area contributed by atoms with Crippen LogP contribution in [0.5, 0.6) is 0 Å². The van der Waals surface area contributed by atoms with E-state index < -0.39 is 10.0 Å². The van der Waals surface area contributed by atoms with Crippen LogP contribution in [0.15, 0.2) is 47.7 Å². The summed E-state index contributed by atoms with van der Waals surface area (Å²) in [5.41, 5.74) is 1.81. The number of nitrogens with zero attached hydrogens (tertiary/aromatic N) is 7. The molecule has 41 heavy (non-hydrogen) atoms. The summed E-state index contributed by atoms with van der Waals surface area (Å²) in [7, 11) is 2.27. The SMILES string of the molecule is CC(C)n1c(=O)c(-c2ccc(NS(=O)(=O)Cc3ccn(C)n3)nc2)cc2cnc(N[C@H]3CC[C@H](N(C)C)CC3)nc21. The van der Waals surface area contributed by atoms with Gasteiger partial charge in [0.15, 0.2) is 0 Å². The lowest BCUT2D eigenvalue weighted by Crippen LogP contribution is -2.36. The highest BCUT2D eigenvalue weighted by molar-refractivity contribution is 7.91. The Hall–Kier alpha value is -3.84. The zero-order valence-corrected chi connectivity index (χ0v) is 24.9. The van der Waals surface area contributed by atoms with E-state index in [2.05, 4.69) is 44.1 Å². The zero-order valence-electron chi connectivity index (χ0n) is 24.1. The number of aromatic nitrogens is 6. The average molecular weight is 580 g/mol. The molecule has 0 radical (unpaired) electrons.